The van der Waals surface area contributed by atoms with E-state index in [4.69, 9.17) is 4.74 Å². The van der Waals surface area contributed by atoms with Crippen molar-refractivity contribution in [2.75, 3.05) is 38.7 Å². The Morgan fingerprint density at radius 3 is 2.67 bits per heavy atom. The largest absolute Gasteiger partial charge is 0.383 e. The Morgan fingerprint density at radius 1 is 1.10 bits per heavy atom. The summed E-state index contributed by atoms with van der Waals surface area (Å²) in [4.78, 5) is 33.2. The number of benzene rings is 2. The van der Waals surface area contributed by atoms with Gasteiger partial charge in [-0.1, -0.05) is 12.1 Å². The van der Waals surface area contributed by atoms with Gasteiger partial charge in [0.1, 0.15) is 5.56 Å². The summed E-state index contributed by atoms with van der Waals surface area (Å²) in [5.74, 6) is -2.47. The maximum absolute atomic E-state index is 13.8. The van der Waals surface area contributed by atoms with E-state index in [0.29, 0.717) is 11.6 Å². The van der Waals surface area contributed by atoms with Crippen LogP contribution in [-0.2, 0) is 11.3 Å². The first-order valence-electron chi connectivity index (χ1n) is 14.1. The average molecular weight is 576 g/mol. The zero-order valence-corrected chi connectivity index (χ0v) is 23.8. The van der Waals surface area contributed by atoms with Crippen LogP contribution in [0.1, 0.15) is 47.3 Å². The number of amides is 1. The lowest BCUT2D eigenvalue weighted by atomic mass is 10.0. The SMILES string of the molecule is COCCN1CCC(Nc2cnc3ccc(CNC(=O)c4cccn([C@@H](C)c5ccc(F)c(F)c5)c4=O)cc3c2)CC1. The average Bonchev–Trinajstić information content (AvgIpc) is 3.00. The van der Waals surface area contributed by atoms with E-state index in [0.717, 1.165) is 73.4 Å². The third-order valence-corrected chi connectivity index (χ3v) is 7.83. The summed E-state index contributed by atoms with van der Waals surface area (Å²) in [6.07, 6.45) is 5.48. The Kier molecular flexibility index (Phi) is 9.24. The highest BCUT2D eigenvalue weighted by Gasteiger charge is 2.19. The van der Waals surface area contributed by atoms with Crippen LogP contribution in [0.15, 0.2) is 71.8 Å². The normalized spacial score (nSPS) is 15.0. The summed E-state index contributed by atoms with van der Waals surface area (Å²) in [7, 11) is 1.73. The van der Waals surface area contributed by atoms with Crippen LogP contribution in [-0.4, -0.2) is 59.8 Å². The molecular formula is C32H35F2N5O3. The van der Waals surface area contributed by atoms with Crippen LogP contribution in [0.3, 0.4) is 0 Å². The molecule has 8 nitrogen and oxygen atoms in total. The number of halogens is 2. The molecule has 1 fully saturated rings. The minimum absolute atomic E-state index is 0.0332. The van der Waals surface area contributed by atoms with Gasteiger partial charge in [0, 0.05) is 50.9 Å². The van der Waals surface area contributed by atoms with Gasteiger partial charge in [-0.3, -0.25) is 14.6 Å². The molecule has 1 amide bonds. The van der Waals surface area contributed by atoms with Gasteiger partial charge in [-0.15, -0.1) is 0 Å². The third kappa shape index (κ3) is 6.83. The number of ether oxygens (including phenoxy) is 1. The number of hydrogen-bond donors (Lipinski definition) is 2. The monoisotopic (exact) mass is 575 g/mol. The van der Waals surface area contributed by atoms with Crippen molar-refractivity contribution in [1.82, 2.24) is 19.8 Å². The Balaban J connectivity index is 1.23. The summed E-state index contributed by atoms with van der Waals surface area (Å²) >= 11 is 0. The molecule has 0 radical (unpaired) electrons. The lowest BCUT2D eigenvalue weighted by Crippen LogP contribution is -2.40. The minimum Gasteiger partial charge on any atom is -0.383 e. The molecule has 2 aromatic heterocycles. The van der Waals surface area contributed by atoms with Crippen LogP contribution in [0.25, 0.3) is 10.9 Å². The van der Waals surface area contributed by atoms with Gasteiger partial charge in [-0.05, 0) is 73.4 Å². The number of carbonyl (C=O) groups excluding carboxylic acids is 1. The highest BCUT2D eigenvalue weighted by molar-refractivity contribution is 5.93. The van der Waals surface area contributed by atoms with Crippen molar-refractivity contribution >= 4 is 22.5 Å². The van der Waals surface area contributed by atoms with E-state index in [1.165, 1.54) is 22.9 Å². The van der Waals surface area contributed by atoms with Crippen molar-refractivity contribution in [3.05, 3.63) is 106 Å². The molecule has 1 aliphatic rings. The molecule has 0 bridgehead atoms. The molecule has 4 aromatic rings. The highest BCUT2D eigenvalue weighted by Crippen LogP contribution is 2.22. The molecule has 0 saturated carbocycles. The standard InChI is InChI=1S/C32H35F2N5O3/c1-21(23-6-7-28(33)29(34)18-23)39-11-3-4-27(32(39)41)31(40)36-19-22-5-8-30-24(16-22)17-26(20-35-30)37-25-9-12-38(13-10-25)14-15-42-2/h3-8,11,16-18,20-21,25,37H,9-10,12-15,19H2,1-2H3,(H,36,40)/t21-/m0/s1. The maximum Gasteiger partial charge on any atom is 0.263 e. The lowest BCUT2D eigenvalue weighted by Gasteiger charge is -2.32. The molecule has 0 spiro atoms. The molecular weight excluding hydrogens is 540 g/mol. The van der Waals surface area contributed by atoms with Gasteiger partial charge >= 0.3 is 0 Å². The molecule has 2 N–H and O–H groups in total. The number of anilines is 1. The lowest BCUT2D eigenvalue weighted by molar-refractivity contribution is 0.0948. The van der Waals surface area contributed by atoms with Crippen LogP contribution in [0.4, 0.5) is 14.5 Å². The molecule has 1 atom stereocenters. The van der Waals surface area contributed by atoms with Gasteiger partial charge in [-0.2, -0.15) is 0 Å². The van der Waals surface area contributed by atoms with Crippen molar-refractivity contribution in [3.63, 3.8) is 0 Å². The molecule has 3 heterocycles. The van der Waals surface area contributed by atoms with Crippen molar-refractivity contribution in [2.45, 2.75) is 38.4 Å². The number of fused-ring (bicyclic) bond motifs is 1. The van der Waals surface area contributed by atoms with Gasteiger partial charge in [0.25, 0.3) is 11.5 Å². The number of nitrogens with zero attached hydrogens (tertiary/aromatic N) is 3. The van der Waals surface area contributed by atoms with Gasteiger partial charge < -0.3 is 24.8 Å². The highest BCUT2D eigenvalue weighted by atomic mass is 19.2. The first-order valence-corrected chi connectivity index (χ1v) is 14.1. The summed E-state index contributed by atoms with van der Waals surface area (Å²) in [5, 5.41) is 7.39. The Morgan fingerprint density at radius 2 is 1.90 bits per heavy atom. The van der Waals surface area contributed by atoms with Gasteiger partial charge in [0.15, 0.2) is 11.6 Å². The van der Waals surface area contributed by atoms with E-state index in [1.54, 1.807) is 20.1 Å². The van der Waals surface area contributed by atoms with Crippen molar-refractivity contribution in [2.24, 2.45) is 0 Å². The predicted octanol–water partition coefficient (Wildman–Crippen LogP) is 4.74. The number of methoxy groups -OCH3 is 1. The van der Waals surface area contributed by atoms with E-state index in [9.17, 15) is 18.4 Å². The van der Waals surface area contributed by atoms with Crippen LogP contribution in [0.2, 0.25) is 0 Å². The van der Waals surface area contributed by atoms with Gasteiger partial charge in [0.05, 0.1) is 30.0 Å². The number of carbonyl (C=O) groups is 1. The summed E-state index contributed by atoms with van der Waals surface area (Å²) in [6.45, 7) is 5.67. The number of rotatable bonds is 10. The number of hydrogen-bond acceptors (Lipinski definition) is 6. The molecule has 0 unspecified atom stereocenters. The fourth-order valence-electron chi connectivity index (χ4n) is 5.33. The second kappa shape index (κ2) is 13.2. The zero-order chi connectivity index (χ0) is 29.6. The number of nitrogens with one attached hydrogen (secondary N) is 2. The Bertz CT molecular complexity index is 1620. The van der Waals surface area contributed by atoms with Crippen molar-refractivity contribution < 1.29 is 18.3 Å². The first-order chi connectivity index (χ1) is 20.3. The van der Waals surface area contributed by atoms with Crippen LogP contribution >= 0.6 is 0 Å². The fourth-order valence-corrected chi connectivity index (χ4v) is 5.33. The molecule has 10 heteroatoms. The van der Waals surface area contributed by atoms with Crippen molar-refractivity contribution in [3.8, 4) is 0 Å². The fraction of sp³-hybridized carbons (Fsp3) is 0.344. The topological polar surface area (TPSA) is 88.5 Å². The molecule has 1 saturated heterocycles. The second-order valence-corrected chi connectivity index (χ2v) is 10.7. The second-order valence-electron chi connectivity index (χ2n) is 10.7. The van der Waals surface area contributed by atoms with E-state index in [-0.39, 0.29) is 12.1 Å². The van der Waals surface area contributed by atoms with E-state index in [1.807, 2.05) is 24.4 Å². The summed E-state index contributed by atoms with van der Waals surface area (Å²) in [5.41, 5.74) is 2.54. The molecule has 5 rings (SSSR count). The van der Waals surface area contributed by atoms with Crippen LogP contribution in [0, 0.1) is 11.6 Å². The van der Waals surface area contributed by atoms with E-state index >= 15 is 0 Å². The molecule has 1 aliphatic heterocycles. The molecule has 220 valence electrons. The number of aromatic nitrogens is 2. The third-order valence-electron chi connectivity index (χ3n) is 7.83. The number of pyridine rings is 2. The zero-order valence-electron chi connectivity index (χ0n) is 23.8. The summed E-state index contributed by atoms with van der Waals surface area (Å²) < 4.78 is 33.7. The predicted molar refractivity (Wildman–Crippen MR) is 159 cm³/mol. The van der Waals surface area contributed by atoms with E-state index in [2.05, 4.69) is 26.6 Å². The smallest absolute Gasteiger partial charge is 0.263 e. The minimum atomic E-state index is -0.992. The van der Waals surface area contributed by atoms with Gasteiger partial charge in [-0.25, -0.2) is 8.78 Å². The Labute approximate surface area is 243 Å². The summed E-state index contributed by atoms with van der Waals surface area (Å²) in [6, 6.07) is 14.2. The molecule has 2 aromatic carbocycles. The number of piperidine rings is 1. The molecule has 42 heavy (non-hydrogen) atoms. The van der Waals surface area contributed by atoms with E-state index < -0.39 is 29.1 Å². The quantitative estimate of drug-likeness (QED) is 0.284. The van der Waals surface area contributed by atoms with Crippen molar-refractivity contribution in [1.29, 1.82) is 0 Å². The molecule has 0 aliphatic carbocycles. The van der Waals surface area contributed by atoms with Gasteiger partial charge in [0.2, 0.25) is 0 Å². The first kappa shape index (κ1) is 29.3. The van der Waals surface area contributed by atoms with Crippen LogP contribution in [0.5, 0.6) is 0 Å². The van der Waals surface area contributed by atoms with Crippen LogP contribution < -0.4 is 16.2 Å². The Hall–Kier alpha value is -4.15. The number of likely N-dealkylation sites (tertiary alicyclic amines) is 1. The maximum atomic E-state index is 13.8.